The van der Waals surface area contributed by atoms with Crippen LogP contribution >= 0.6 is 0 Å². The van der Waals surface area contributed by atoms with Gasteiger partial charge >= 0.3 is 0 Å². The standard InChI is InChI=1S/C29H33N5O/c1-5-8-23(9-6-2)34-28(30-4)10-7-18-32-29(35)22-12-14-24(15-13-22)33-27-17-19-31-26-16-11-21(3)20-25(26)27/h5-17,19-20,29,32,35H,1,18H2,2-4H3,(H,30,34)(H,31,33)/b9-6-,10-7-,23-8+. The molecular formula is C29H33N5O. The number of fused-ring (bicyclic) bond motifs is 1. The molecule has 6 heteroatoms. The zero-order valence-corrected chi connectivity index (χ0v) is 20.5. The number of aromatic nitrogens is 1. The summed E-state index contributed by atoms with van der Waals surface area (Å²) in [4.78, 5) is 8.68. The zero-order valence-electron chi connectivity index (χ0n) is 20.5. The maximum Gasteiger partial charge on any atom is 0.131 e. The Bertz CT molecular complexity index is 1260. The lowest BCUT2D eigenvalue weighted by molar-refractivity contribution is 0.144. The first-order valence-corrected chi connectivity index (χ1v) is 11.5. The average Bonchev–Trinajstić information content (AvgIpc) is 2.86. The number of hydrogen-bond acceptors (Lipinski definition) is 5. The highest BCUT2D eigenvalue weighted by Gasteiger charge is 2.07. The van der Waals surface area contributed by atoms with Gasteiger partial charge in [-0.25, -0.2) is 0 Å². The summed E-state index contributed by atoms with van der Waals surface area (Å²) in [7, 11) is 1.72. The van der Waals surface area contributed by atoms with Gasteiger partial charge in [0.1, 0.15) is 12.1 Å². The van der Waals surface area contributed by atoms with E-state index in [0.29, 0.717) is 12.4 Å². The van der Waals surface area contributed by atoms with Crippen LogP contribution in [0, 0.1) is 6.92 Å². The molecule has 0 aliphatic heterocycles. The summed E-state index contributed by atoms with van der Waals surface area (Å²) >= 11 is 0. The number of amidine groups is 1. The maximum absolute atomic E-state index is 10.5. The molecule has 0 amide bonds. The van der Waals surface area contributed by atoms with Gasteiger partial charge in [-0.2, -0.15) is 0 Å². The van der Waals surface area contributed by atoms with Crippen molar-refractivity contribution in [1.29, 1.82) is 0 Å². The van der Waals surface area contributed by atoms with Crippen molar-refractivity contribution in [3.05, 3.63) is 115 Å². The SMILES string of the molecule is C=C/C=C(\C=C/C)NC(/C=C\CNC(O)c1ccc(Nc2ccnc3ccc(C)cc23)cc1)=N/C. The number of rotatable bonds is 10. The molecule has 0 radical (unpaired) electrons. The number of aliphatic imine (C=N–C) groups is 1. The molecule has 1 unspecified atom stereocenters. The van der Waals surface area contributed by atoms with E-state index in [2.05, 4.69) is 51.6 Å². The molecule has 3 aromatic rings. The van der Waals surface area contributed by atoms with Gasteiger partial charge in [0.15, 0.2) is 0 Å². The first-order chi connectivity index (χ1) is 17.0. The van der Waals surface area contributed by atoms with Crippen molar-refractivity contribution in [3.8, 4) is 0 Å². The normalized spacial score (nSPS) is 13.5. The molecule has 0 spiro atoms. The summed E-state index contributed by atoms with van der Waals surface area (Å²) in [6, 6.07) is 15.9. The molecular weight excluding hydrogens is 434 g/mol. The van der Waals surface area contributed by atoms with E-state index in [1.807, 2.05) is 73.7 Å². The van der Waals surface area contributed by atoms with Crippen molar-refractivity contribution in [2.45, 2.75) is 20.1 Å². The molecule has 1 atom stereocenters. The van der Waals surface area contributed by atoms with E-state index in [1.54, 1.807) is 19.3 Å². The Balaban J connectivity index is 1.57. The lowest BCUT2D eigenvalue weighted by atomic mass is 10.1. The van der Waals surface area contributed by atoms with E-state index < -0.39 is 6.23 Å². The Hall–Kier alpha value is -4.00. The number of nitrogens with one attached hydrogen (secondary N) is 3. The van der Waals surface area contributed by atoms with Crippen LogP contribution in [0.4, 0.5) is 11.4 Å². The number of anilines is 2. The van der Waals surface area contributed by atoms with Crippen molar-refractivity contribution in [1.82, 2.24) is 15.6 Å². The molecule has 0 saturated heterocycles. The first kappa shape index (κ1) is 25.6. The molecule has 0 fully saturated rings. The van der Waals surface area contributed by atoms with E-state index in [4.69, 9.17) is 0 Å². The molecule has 0 bridgehead atoms. The third kappa shape index (κ3) is 7.50. The van der Waals surface area contributed by atoms with Gasteiger partial charge in [0, 0.05) is 42.2 Å². The fourth-order valence-corrected chi connectivity index (χ4v) is 3.51. The molecule has 0 aliphatic carbocycles. The number of allylic oxidation sites excluding steroid dienone is 4. The zero-order chi connectivity index (χ0) is 25.0. The van der Waals surface area contributed by atoms with Gasteiger partial charge in [0.25, 0.3) is 0 Å². The van der Waals surface area contributed by atoms with Crippen molar-refractivity contribution < 1.29 is 5.11 Å². The second-order valence-electron chi connectivity index (χ2n) is 7.93. The number of nitrogens with zero attached hydrogens (tertiary/aromatic N) is 2. The lowest BCUT2D eigenvalue weighted by Crippen LogP contribution is -2.22. The van der Waals surface area contributed by atoms with Crippen LogP contribution in [-0.2, 0) is 0 Å². The lowest BCUT2D eigenvalue weighted by Gasteiger charge is -2.14. The Morgan fingerprint density at radius 1 is 1.14 bits per heavy atom. The molecule has 6 nitrogen and oxygen atoms in total. The number of hydrogen-bond donors (Lipinski definition) is 4. The third-order valence-electron chi connectivity index (χ3n) is 5.26. The molecule has 4 N–H and O–H groups in total. The first-order valence-electron chi connectivity index (χ1n) is 11.5. The molecule has 1 heterocycles. The summed E-state index contributed by atoms with van der Waals surface area (Å²) in [5.41, 5.74) is 5.75. The minimum Gasteiger partial charge on any atom is -0.374 e. The van der Waals surface area contributed by atoms with Crippen LogP contribution in [0.2, 0.25) is 0 Å². The third-order valence-corrected chi connectivity index (χ3v) is 5.26. The summed E-state index contributed by atoms with van der Waals surface area (Å²) < 4.78 is 0. The highest BCUT2D eigenvalue weighted by atomic mass is 16.3. The van der Waals surface area contributed by atoms with Crippen LogP contribution in [0.1, 0.15) is 24.3 Å². The Morgan fingerprint density at radius 2 is 1.94 bits per heavy atom. The largest absolute Gasteiger partial charge is 0.374 e. The van der Waals surface area contributed by atoms with Crippen molar-refractivity contribution in [2.24, 2.45) is 4.99 Å². The van der Waals surface area contributed by atoms with Gasteiger partial charge in [0.05, 0.1) is 5.52 Å². The van der Waals surface area contributed by atoms with E-state index in [0.717, 1.165) is 33.5 Å². The molecule has 0 saturated carbocycles. The van der Waals surface area contributed by atoms with Crippen LogP contribution in [-0.4, -0.2) is 29.5 Å². The quantitative estimate of drug-likeness (QED) is 0.133. The highest BCUT2D eigenvalue weighted by Crippen LogP contribution is 2.26. The van der Waals surface area contributed by atoms with Gasteiger partial charge < -0.3 is 15.7 Å². The molecule has 2 aromatic carbocycles. The topological polar surface area (TPSA) is 81.6 Å². The second kappa shape index (κ2) is 13.0. The van der Waals surface area contributed by atoms with Gasteiger partial charge in [-0.3, -0.25) is 15.3 Å². The minimum absolute atomic E-state index is 0.481. The summed E-state index contributed by atoms with van der Waals surface area (Å²) in [6.45, 7) is 8.23. The molecule has 3 rings (SSSR count). The summed E-state index contributed by atoms with van der Waals surface area (Å²) in [5, 5.41) is 21.4. The van der Waals surface area contributed by atoms with E-state index in [-0.39, 0.29) is 0 Å². The van der Waals surface area contributed by atoms with Crippen LogP contribution in [0.15, 0.2) is 108 Å². The number of pyridine rings is 1. The molecule has 0 aliphatic rings. The minimum atomic E-state index is -0.785. The number of benzene rings is 2. The number of aliphatic hydroxyl groups excluding tert-OH is 1. The van der Waals surface area contributed by atoms with Crippen molar-refractivity contribution in [3.63, 3.8) is 0 Å². The molecule has 1 aromatic heterocycles. The van der Waals surface area contributed by atoms with Gasteiger partial charge in [0.2, 0.25) is 0 Å². The Labute approximate surface area is 207 Å². The monoisotopic (exact) mass is 467 g/mol. The van der Waals surface area contributed by atoms with Crippen LogP contribution < -0.4 is 16.0 Å². The van der Waals surface area contributed by atoms with E-state index in [9.17, 15) is 5.11 Å². The number of aryl methyl sites for hydroxylation is 1. The van der Waals surface area contributed by atoms with Gasteiger partial charge in [-0.05, 0) is 68.0 Å². The van der Waals surface area contributed by atoms with Crippen LogP contribution in [0.25, 0.3) is 10.9 Å². The van der Waals surface area contributed by atoms with Crippen LogP contribution in [0.5, 0.6) is 0 Å². The fourth-order valence-electron chi connectivity index (χ4n) is 3.51. The molecule has 35 heavy (non-hydrogen) atoms. The second-order valence-corrected chi connectivity index (χ2v) is 7.93. The van der Waals surface area contributed by atoms with Crippen LogP contribution in [0.3, 0.4) is 0 Å². The summed E-state index contributed by atoms with van der Waals surface area (Å²) in [6.07, 6.45) is 12.3. The van der Waals surface area contributed by atoms with E-state index >= 15 is 0 Å². The fraction of sp³-hybridized carbons (Fsp3) is 0.172. The molecule has 180 valence electrons. The predicted molar refractivity (Wildman–Crippen MR) is 148 cm³/mol. The highest BCUT2D eigenvalue weighted by molar-refractivity contribution is 5.94. The predicted octanol–water partition coefficient (Wildman–Crippen LogP) is 5.69. The van der Waals surface area contributed by atoms with Gasteiger partial charge in [-0.1, -0.05) is 48.6 Å². The summed E-state index contributed by atoms with van der Waals surface area (Å²) in [5.74, 6) is 0.710. The van der Waals surface area contributed by atoms with E-state index in [1.165, 1.54) is 5.56 Å². The van der Waals surface area contributed by atoms with Crippen molar-refractivity contribution >= 4 is 28.1 Å². The smallest absolute Gasteiger partial charge is 0.131 e. The Kier molecular flexibility index (Phi) is 9.54. The van der Waals surface area contributed by atoms with Gasteiger partial charge in [-0.15, -0.1) is 0 Å². The number of aliphatic hydroxyl groups is 1. The maximum atomic E-state index is 10.5. The van der Waals surface area contributed by atoms with Crippen molar-refractivity contribution in [2.75, 3.05) is 18.9 Å². The Morgan fingerprint density at radius 3 is 2.66 bits per heavy atom. The average molecular weight is 468 g/mol.